The first kappa shape index (κ1) is 14.7. The Kier molecular flexibility index (Phi) is 5.67. The van der Waals surface area contributed by atoms with Crippen LogP contribution in [0.3, 0.4) is 0 Å². The van der Waals surface area contributed by atoms with Crippen LogP contribution >= 0.6 is 24.0 Å². The summed E-state index contributed by atoms with van der Waals surface area (Å²) in [6.07, 6.45) is 0. The molecule has 0 radical (unpaired) electrons. The number of hydrogen-bond donors (Lipinski definition) is 1. The van der Waals surface area contributed by atoms with E-state index in [-0.39, 0.29) is 18.2 Å². The summed E-state index contributed by atoms with van der Waals surface area (Å²) in [6, 6.07) is 5.03. The molecular formula is C12H17Cl2FN2. The van der Waals surface area contributed by atoms with Gasteiger partial charge in [0, 0.05) is 37.2 Å². The van der Waals surface area contributed by atoms with Gasteiger partial charge in [-0.3, -0.25) is 4.90 Å². The van der Waals surface area contributed by atoms with Crippen LogP contribution in [0.2, 0.25) is 5.02 Å². The zero-order valence-corrected chi connectivity index (χ0v) is 11.3. The Hall–Kier alpha value is -0.350. The van der Waals surface area contributed by atoms with Gasteiger partial charge in [-0.2, -0.15) is 0 Å². The third kappa shape index (κ3) is 4.11. The second-order valence-electron chi connectivity index (χ2n) is 4.33. The molecule has 1 aliphatic heterocycles. The predicted octanol–water partition coefficient (Wildman–Crippen LogP) is 2.69. The molecule has 0 aliphatic carbocycles. The molecule has 1 aromatic rings. The Morgan fingerprint density at radius 1 is 1.53 bits per heavy atom. The van der Waals surface area contributed by atoms with Crippen molar-refractivity contribution in [2.45, 2.75) is 19.5 Å². The molecule has 0 spiro atoms. The van der Waals surface area contributed by atoms with E-state index in [1.54, 1.807) is 6.07 Å². The molecule has 96 valence electrons. The quantitative estimate of drug-likeness (QED) is 0.895. The van der Waals surface area contributed by atoms with Crippen LogP contribution in [0.15, 0.2) is 18.2 Å². The summed E-state index contributed by atoms with van der Waals surface area (Å²) < 4.78 is 13.1. The first-order valence-corrected chi connectivity index (χ1v) is 5.92. The topological polar surface area (TPSA) is 15.3 Å². The summed E-state index contributed by atoms with van der Waals surface area (Å²) in [6.45, 7) is 5.82. The normalized spacial score (nSPS) is 21.0. The molecule has 0 bridgehead atoms. The number of nitrogens with zero attached hydrogens (tertiary/aromatic N) is 1. The van der Waals surface area contributed by atoms with Crippen LogP contribution in [-0.4, -0.2) is 30.6 Å². The van der Waals surface area contributed by atoms with Crippen molar-refractivity contribution in [2.24, 2.45) is 0 Å². The molecule has 2 rings (SSSR count). The van der Waals surface area contributed by atoms with E-state index in [0.29, 0.717) is 11.1 Å². The molecule has 0 aromatic heterocycles. The molecule has 1 aliphatic rings. The van der Waals surface area contributed by atoms with E-state index in [2.05, 4.69) is 17.1 Å². The fourth-order valence-electron chi connectivity index (χ4n) is 2.06. The smallest absolute Gasteiger partial charge is 0.123 e. The summed E-state index contributed by atoms with van der Waals surface area (Å²) >= 11 is 6.04. The first-order chi connectivity index (χ1) is 7.65. The summed E-state index contributed by atoms with van der Waals surface area (Å²) in [7, 11) is 0. The molecule has 1 N–H and O–H groups in total. The minimum absolute atomic E-state index is 0. The van der Waals surface area contributed by atoms with E-state index in [0.717, 1.165) is 31.7 Å². The number of piperazine rings is 1. The maximum Gasteiger partial charge on any atom is 0.123 e. The van der Waals surface area contributed by atoms with Crippen LogP contribution in [0, 0.1) is 5.82 Å². The Labute approximate surface area is 113 Å². The highest BCUT2D eigenvalue weighted by Gasteiger charge is 2.16. The van der Waals surface area contributed by atoms with Crippen LogP contribution in [0.25, 0.3) is 0 Å². The van der Waals surface area contributed by atoms with Crippen LogP contribution in [0.1, 0.15) is 12.5 Å². The number of rotatable bonds is 2. The second kappa shape index (κ2) is 6.55. The molecule has 2 nitrogen and oxygen atoms in total. The molecule has 0 amide bonds. The predicted molar refractivity (Wildman–Crippen MR) is 71.4 cm³/mol. The van der Waals surface area contributed by atoms with Gasteiger partial charge in [0.05, 0.1) is 0 Å². The third-order valence-corrected chi connectivity index (χ3v) is 3.22. The highest BCUT2D eigenvalue weighted by molar-refractivity contribution is 6.31. The molecule has 17 heavy (non-hydrogen) atoms. The van der Waals surface area contributed by atoms with Gasteiger partial charge in [-0.05, 0) is 30.7 Å². The first-order valence-electron chi connectivity index (χ1n) is 5.55. The fourth-order valence-corrected chi connectivity index (χ4v) is 2.24. The SMILES string of the molecule is CC1CN(Cc2cc(F)ccc2Cl)CCN1.Cl. The van der Waals surface area contributed by atoms with Gasteiger partial charge in [0.1, 0.15) is 5.82 Å². The monoisotopic (exact) mass is 278 g/mol. The molecular weight excluding hydrogens is 262 g/mol. The van der Waals surface area contributed by atoms with E-state index in [4.69, 9.17) is 11.6 Å². The zero-order valence-electron chi connectivity index (χ0n) is 9.75. The Balaban J connectivity index is 0.00000144. The van der Waals surface area contributed by atoms with Gasteiger partial charge in [0.15, 0.2) is 0 Å². The lowest BCUT2D eigenvalue weighted by atomic mass is 10.1. The zero-order chi connectivity index (χ0) is 11.5. The van der Waals surface area contributed by atoms with Gasteiger partial charge in [-0.25, -0.2) is 4.39 Å². The minimum Gasteiger partial charge on any atom is -0.312 e. The molecule has 1 heterocycles. The summed E-state index contributed by atoms with van der Waals surface area (Å²) in [5, 5.41) is 4.02. The molecule has 1 aromatic carbocycles. The minimum atomic E-state index is -0.220. The lowest BCUT2D eigenvalue weighted by Crippen LogP contribution is -2.48. The average Bonchev–Trinajstić information content (AvgIpc) is 2.24. The fraction of sp³-hybridized carbons (Fsp3) is 0.500. The molecule has 1 fully saturated rings. The molecule has 0 saturated carbocycles. The molecule has 1 atom stereocenters. The van der Waals surface area contributed by atoms with Gasteiger partial charge in [-0.1, -0.05) is 11.6 Å². The standard InChI is InChI=1S/C12H16ClFN2.ClH/c1-9-7-16(5-4-15-9)8-10-6-11(14)2-3-12(10)13;/h2-3,6,9,15H,4-5,7-8H2,1H3;1H. The number of hydrogen-bond acceptors (Lipinski definition) is 2. The third-order valence-electron chi connectivity index (χ3n) is 2.85. The molecule has 1 unspecified atom stereocenters. The van der Waals surface area contributed by atoms with Gasteiger partial charge in [0.25, 0.3) is 0 Å². The number of benzene rings is 1. The summed E-state index contributed by atoms with van der Waals surface area (Å²) in [5.41, 5.74) is 0.871. The number of nitrogens with one attached hydrogen (secondary N) is 1. The van der Waals surface area contributed by atoms with Crippen molar-refractivity contribution in [1.82, 2.24) is 10.2 Å². The van der Waals surface area contributed by atoms with Crippen molar-refractivity contribution in [3.8, 4) is 0 Å². The van der Waals surface area contributed by atoms with Crippen molar-refractivity contribution in [3.63, 3.8) is 0 Å². The second-order valence-corrected chi connectivity index (χ2v) is 4.73. The highest BCUT2D eigenvalue weighted by Crippen LogP contribution is 2.19. The van der Waals surface area contributed by atoms with Gasteiger partial charge in [0.2, 0.25) is 0 Å². The highest BCUT2D eigenvalue weighted by atomic mass is 35.5. The summed E-state index contributed by atoms with van der Waals surface area (Å²) in [4.78, 5) is 2.29. The van der Waals surface area contributed by atoms with Crippen LogP contribution in [0.5, 0.6) is 0 Å². The van der Waals surface area contributed by atoms with Gasteiger partial charge >= 0.3 is 0 Å². The molecule has 5 heteroatoms. The number of halogens is 3. The van der Waals surface area contributed by atoms with E-state index in [9.17, 15) is 4.39 Å². The van der Waals surface area contributed by atoms with Crippen molar-refractivity contribution < 1.29 is 4.39 Å². The summed E-state index contributed by atoms with van der Waals surface area (Å²) in [5.74, 6) is -0.220. The van der Waals surface area contributed by atoms with E-state index in [1.807, 2.05) is 0 Å². The van der Waals surface area contributed by atoms with Crippen molar-refractivity contribution in [2.75, 3.05) is 19.6 Å². The Morgan fingerprint density at radius 3 is 3.00 bits per heavy atom. The largest absolute Gasteiger partial charge is 0.312 e. The van der Waals surface area contributed by atoms with E-state index in [1.165, 1.54) is 12.1 Å². The van der Waals surface area contributed by atoms with Crippen LogP contribution in [-0.2, 0) is 6.54 Å². The Bertz CT molecular complexity index is 374. The molecule has 1 saturated heterocycles. The van der Waals surface area contributed by atoms with Gasteiger partial charge < -0.3 is 5.32 Å². The van der Waals surface area contributed by atoms with Crippen LogP contribution in [0.4, 0.5) is 4.39 Å². The Morgan fingerprint density at radius 2 is 2.29 bits per heavy atom. The van der Waals surface area contributed by atoms with E-state index < -0.39 is 0 Å². The maximum atomic E-state index is 13.1. The lowest BCUT2D eigenvalue weighted by Gasteiger charge is -2.32. The van der Waals surface area contributed by atoms with Crippen molar-refractivity contribution >= 4 is 24.0 Å². The van der Waals surface area contributed by atoms with Crippen molar-refractivity contribution in [3.05, 3.63) is 34.6 Å². The lowest BCUT2D eigenvalue weighted by molar-refractivity contribution is 0.199. The van der Waals surface area contributed by atoms with E-state index >= 15 is 0 Å². The maximum absolute atomic E-state index is 13.1. The van der Waals surface area contributed by atoms with Crippen LogP contribution < -0.4 is 5.32 Å². The van der Waals surface area contributed by atoms with Gasteiger partial charge in [-0.15, -0.1) is 12.4 Å². The van der Waals surface area contributed by atoms with Crippen molar-refractivity contribution in [1.29, 1.82) is 0 Å². The average molecular weight is 279 g/mol.